The Labute approximate surface area is 164 Å². The number of nitrogens with one attached hydrogen (secondary N) is 3. The van der Waals surface area contributed by atoms with Crippen LogP contribution in [0.15, 0.2) is 36.4 Å². The number of likely N-dealkylation sites (N-methyl/N-ethyl adjacent to an activating group) is 1. The molecule has 3 N–H and O–H groups in total. The van der Waals surface area contributed by atoms with E-state index in [4.69, 9.17) is 9.47 Å². The molecule has 1 aliphatic rings. The molecule has 2 aromatic carbocycles. The standard InChI is InChI=1S/C21H25N3O4/c1-14-4-6-17(15(2)10-14)22-21(26)23-20(25)13-24(3)12-16-5-7-18-19(11-16)28-9-8-27-18/h4-7,10-11H,8-9,12-13H2,1-3H3,(H2,22,23,25,26)/p+1. The number of benzene rings is 2. The number of aryl methyl sites for hydroxylation is 2. The van der Waals surface area contributed by atoms with Crippen LogP contribution in [0.4, 0.5) is 10.5 Å². The Kier molecular flexibility index (Phi) is 6.16. The second-order valence-corrected chi connectivity index (χ2v) is 7.11. The van der Waals surface area contributed by atoms with Crippen molar-refractivity contribution in [2.24, 2.45) is 0 Å². The summed E-state index contributed by atoms with van der Waals surface area (Å²) in [6.45, 7) is 5.80. The lowest BCUT2D eigenvalue weighted by Gasteiger charge is -2.20. The number of anilines is 1. The first-order valence-electron chi connectivity index (χ1n) is 9.28. The molecule has 3 rings (SSSR count). The van der Waals surface area contributed by atoms with Crippen molar-refractivity contribution in [2.45, 2.75) is 20.4 Å². The average Bonchev–Trinajstić information content (AvgIpc) is 2.63. The summed E-state index contributed by atoms with van der Waals surface area (Å²) < 4.78 is 11.1. The molecule has 1 atom stereocenters. The van der Waals surface area contributed by atoms with Gasteiger partial charge in [0.05, 0.1) is 7.05 Å². The smallest absolute Gasteiger partial charge is 0.326 e. The summed E-state index contributed by atoms with van der Waals surface area (Å²) in [5.74, 6) is 1.14. The van der Waals surface area contributed by atoms with Gasteiger partial charge >= 0.3 is 6.03 Å². The van der Waals surface area contributed by atoms with Gasteiger partial charge in [-0.05, 0) is 43.7 Å². The lowest BCUT2D eigenvalue weighted by atomic mass is 10.1. The maximum Gasteiger partial charge on any atom is 0.326 e. The number of quaternary nitrogens is 1. The molecular weight excluding hydrogens is 358 g/mol. The van der Waals surface area contributed by atoms with Gasteiger partial charge in [0, 0.05) is 11.3 Å². The number of imide groups is 1. The van der Waals surface area contributed by atoms with Gasteiger partial charge in [-0.2, -0.15) is 0 Å². The largest absolute Gasteiger partial charge is 0.486 e. The molecule has 0 spiro atoms. The van der Waals surface area contributed by atoms with E-state index in [1.165, 1.54) is 0 Å². The van der Waals surface area contributed by atoms with Crippen LogP contribution in [-0.2, 0) is 11.3 Å². The van der Waals surface area contributed by atoms with Crippen molar-refractivity contribution < 1.29 is 24.0 Å². The zero-order chi connectivity index (χ0) is 20.1. The highest BCUT2D eigenvalue weighted by Crippen LogP contribution is 2.30. The van der Waals surface area contributed by atoms with Crippen LogP contribution < -0.4 is 25.0 Å². The van der Waals surface area contributed by atoms with E-state index in [0.29, 0.717) is 25.4 Å². The van der Waals surface area contributed by atoms with E-state index in [2.05, 4.69) is 10.6 Å². The summed E-state index contributed by atoms with van der Waals surface area (Å²) in [4.78, 5) is 25.2. The van der Waals surface area contributed by atoms with Gasteiger partial charge in [0.15, 0.2) is 18.0 Å². The molecule has 0 aliphatic carbocycles. The van der Waals surface area contributed by atoms with Crippen molar-refractivity contribution in [2.75, 3.05) is 32.1 Å². The van der Waals surface area contributed by atoms with Crippen LogP contribution >= 0.6 is 0 Å². The highest BCUT2D eigenvalue weighted by Gasteiger charge is 2.16. The second-order valence-electron chi connectivity index (χ2n) is 7.11. The van der Waals surface area contributed by atoms with Crippen LogP contribution in [0.1, 0.15) is 16.7 Å². The first kappa shape index (κ1) is 19.7. The molecule has 28 heavy (non-hydrogen) atoms. The predicted molar refractivity (Wildman–Crippen MR) is 106 cm³/mol. The molecular formula is C21H26N3O4+. The molecule has 7 heteroatoms. The summed E-state index contributed by atoms with van der Waals surface area (Å²) in [6.07, 6.45) is 0. The van der Waals surface area contributed by atoms with Gasteiger partial charge in [-0.3, -0.25) is 10.1 Å². The number of fused-ring (bicyclic) bond motifs is 1. The minimum absolute atomic E-state index is 0.175. The number of carbonyl (C=O) groups is 2. The molecule has 1 unspecified atom stereocenters. The van der Waals surface area contributed by atoms with E-state index in [0.717, 1.165) is 33.1 Å². The molecule has 3 amide bonds. The van der Waals surface area contributed by atoms with E-state index < -0.39 is 6.03 Å². The van der Waals surface area contributed by atoms with Gasteiger partial charge in [0.2, 0.25) is 0 Å². The van der Waals surface area contributed by atoms with Gasteiger partial charge in [0.25, 0.3) is 5.91 Å². The minimum Gasteiger partial charge on any atom is -0.486 e. The fourth-order valence-corrected chi connectivity index (χ4v) is 3.16. The number of rotatable bonds is 5. The fraction of sp³-hybridized carbons (Fsp3) is 0.333. The van der Waals surface area contributed by atoms with Crippen molar-refractivity contribution in [1.29, 1.82) is 0 Å². The van der Waals surface area contributed by atoms with E-state index in [9.17, 15) is 9.59 Å². The van der Waals surface area contributed by atoms with E-state index in [1.807, 2.05) is 57.3 Å². The highest BCUT2D eigenvalue weighted by molar-refractivity contribution is 6.01. The number of ether oxygens (including phenoxy) is 2. The Morgan fingerprint density at radius 2 is 1.79 bits per heavy atom. The number of urea groups is 1. The summed E-state index contributed by atoms with van der Waals surface area (Å²) in [5.41, 5.74) is 3.79. The summed E-state index contributed by atoms with van der Waals surface area (Å²) in [6, 6.07) is 11.0. The van der Waals surface area contributed by atoms with Crippen LogP contribution in [0, 0.1) is 13.8 Å². The second kappa shape index (κ2) is 8.75. The summed E-state index contributed by atoms with van der Waals surface area (Å²) in [5, 5.41) is 5.10. The molecule has 0 bridgehead atoms. The van der Waals surface area contributed by atoms with Gasteiger partial charge in [-0.25, -0.2) is 4.79 Å². The SMILES string of the molecule is Cc1ccc(NC(=O)NC(=O)C[NH+](C)Cc2ccc3c(c2)OCCO3)c(C)c1. The van der Waals surface area contributed by atoms with E-state index in [-0.39, 0.29) is 12.5 Å². The van der Waals surface area contributed by atoms with Crippen molar-refractivity contribution in [3.05, 3.63) is 53.1 Å². The lowest BCUT2D eigenvalue weighted by molar-refractivity contribution is -0.885. The quantitative estimate of drug-likeness (QED) is 0.729. The summed E-state index contributed by atoms with van der Waals surface area (Å²) in [7, 11) is 1.90. The molecule has 1 aliphatic heterocycles. The third-order valence-corrected chi connectivity index (χ3v) is 4.46. The molecule has 1 heterocycles. The minimum atomic E-state index is -0.524. The number of hydrogen-bond donors (Lipinski definition) is 3. The topological polar surface area (TPSA) is 81.1 Å². The van der Waals surface area contributed by atoms with Crippen LogP contribution in [0.25, 0.3) is 0 Å². The van der Waals surface area contributed by atoms with Gasteiger partial charge in [-0.15, -0.1) is 0 Å². The van der Waals surface area contributed by atoms with Crippen LogP contribution in [0.3, 0.4) is 0 Å². The van der Waals surface area contributed by atoms with Gasteiger partial charge in [0.1, 0.15) is 19.8 Å². The Morgan fingerprint density at radius 1 is 1.04 bits per heavy atom. The van der Waals surface area contributed by atoms with Crippen molar-refractivity contribution >= 4 is 17.6 Å². The molecule has 148 valence electrons. The highest BCUT2D eigenvalue weighted by atomic mass is 16.6. The predicted octanol–water partition coefficient (Wildman–Crippen LogP) is 1.44. The Morgan fingerprint density at radius 3 is 2.54 bits per heavy atom. The molecule has 0 radical (unpaired) electrons. The molecule has 0 fully saturated rings. The first-order chi connectivity index (χ1) is 13.4. The first-order valence-corrected chi connectivity index (χ1v) is 9.28. The Hall–Kier alpha value is -3.06. The Bertz CT molecular complexity index is 882. The van der Waals surface area contributed by atoms with Crippen LogP contribution in [0.5, 0.6) is 11.5 Å². The molecule has 0 saturated carbocycles. The van der Waals surface area contributed by atoms with Crippen molar-refractivity contribution in [1.82, 2.24) is 5.32 Å². The van der Waals surface area contributed by atoms with Gasteiger partial charge < -0.3 is 19.7 Å². The molecule has 2 aromatic rings. The zero-order valence-corrected chi connectivity index (χ0v) is 16.4. The van der Waals surface area contributed by atoms with Crippen molar-refractivity contribution in [3.8, 4) is 11.5 Å². The maximum absolute atomic E-state index is 12.2. The zero-order valence-electron chi connectivity index (χ0n) is 16.4. The average molecular weight is 384 g/mol. The monoisotopic (exact) mass is 384 g/mol. The Balaban J connectivity index is 1.49. The lowest BCUT2D eigenvalue weighted by Crippen LogP contribution is -3.09. The number of hydrogen-bond acceptors (Lipinski definition) is 4. The van der Waals surface area contributed by atoms with Crippen LogP contribution in [0.2, 0.25) is 0 Å². The third-order valence-electron chi connectivity index (χ3n) is 4.46. The molecule has 7 nitrogen and oxygen atoms in total. The maximum atomic E-state index is 12.2. The number of carbonyl (C=O) groups excluding carboxylic acids is 2. The fourth-order valence-electron chi connectivity index (χ4n) is 3.16. The van der Waals surface area contributed by atoms with E-state index in [1.54, 1.807) is 0 Å². The van der Waals surface area contributed by atoms with Crippen molar-refractivity contribution in [3.63, 3.8) is 0 Å². The molecule has 0 saturated heterocycles. The number of amides is 3. The molecule has 0 aromatic heterocycles. The van der Waals surface area contributed by atoms with Crippen LogP contribution in [-0.4, -0.2) is 38.7 Å². The van der Waals surface area contributed by atoms with Gasteiger partial charge in [-0.1, -0.05) is 17.7 Å². The third kappa shape index (κ3) is 5.23. The normalized spacial score (nSPS) is 13.5. The summed E-state index contributed by atoms with van der Waals surface area (Å²) >= 11 is 0. The van der Waals surface area contributed by atoms with E-state index >= 15 is 0 Å².